The molecular weight excluding hydrogens is 326 g/mol. The van der Waals surface area contributed by atoms with Crippen LogP contribution in [0.5, 0.6) is 0 Å². The molecule has 0 saturated carbocycles. The Kier molecular flexibility index (Phi) is 3.60. The van der Waals surface area contributed by atoms with Gasteiger partial charge in [-0.1, -0.05) is 18.2 Å². The number of fused-ring (bicyclic) bond motifs is 2. The minimum atomic E-state index is -0.527. The van der Waals surface area contributed by atoms with E-state index in [0.717, 1.165) is 12.1 Å². The molecule has 1 N–H and O–H groups in total. The molecule has 1 amide bonds. The lowest BCUT2D eigenvalue weighted by molar-refractivity contribution is 0.0725. The van der Waals surface area contributed by atoms with Crippen LogP contribution in [0.15, 0.2) is 47.3 Å². The summed E-state index contributed by atoms with van der Waals surface area (Å²) in [6.45, 7) is 0.244. The molecule has 3 aromatic rings. The molecule has 4 rings (SSSR count). The van der Waals surface area contributed by atoms with Gasteiger partial charge in [-0.3, -0.25) is 9.59 Å². The van der Waals surface area contributed by atoms with Crippen LogP contribution in [0.25, 0.3) is 10.8 Å². The van der Waals surface area contributed by atoms with Crippen molar-refractivity contribution in [2.24, 2.45) is 0 Å². The minimum absolute atomic E-state index is 0.0212. The Bertz CT molecular complexity index is 1060. The fourth-order valence-electron chi connectivity index (χ4n) is 3.26. The van der Waals surface area contributed by atoms with Crippen molar-refractivity contribution in [1.82, 2.24) is 9.88 Å². The zero-order valence-corrected chi connectivity index (χ0v) is 13.2. The van der Waals surface area contributed by atoms with Gasteiger partial charge in [0.15, 0.2) is 0 Å². The lowest BCUT2D eigenvalue weighted by Gasteiger charge is -2.29. The highest BCUT2D eigenvalue weighted by Gasteiger charge is 2.26. The van der Waals surface area contributed by atoms with Gasteiger partial charge >= 0.3 is 0 Å². The standard InChI is InChI=1S/C19H14F2N2O2/c20-15-5-6-16(21)14-10-23(8-7-13(14)15)19(25)17-9-11-3-1-2-4-12(11)18(24)22-17/h1-6,9H,7-8,10H2,(H,22,24). The zero-order chi connectivity index (χ0) is 17.6. The Balaban J connectivity index is 1.70. The van der Waals surface area contributed by atoms with Gasteiger partial charge < -0.3 is 9.88 Å². The summed E-state index contributed by atoms with van der Waals surface area (Å²) >= 11 is 0. The van der Waals surface area contributed by atoms with Crippen molar-refractivity contribution in [1.29, 1.82) is 0 Å². The van der Waals surface area contributed by atoms with E-state index in [1.807, 2.05) is 0 Å². The molecule has 25 heavy (non-hydrogen) atoms. The third kappa shape index (κ3) is 2.59. The highest BCUT2D eigenvalue weighted by Crippen LogP contribution is 2.25. The Morgan fingerprint density at radius 2 is 1.76 bits per heavy atom. The molecule has 0 aliphatic carbocycles. The molecule has 1 aliphatic rings. The van der Waals surface area contributed by atoms with Gasteiger partial charge in [-0.05, 0) is 41.6 Å². The molecule has 4 nitrogen and oxygen atoms in total. The first-order valence-corrected chi connectivity index (χ1v) is 7.91. The second-order valence-corrected chi connectivity index (χ2v) is 6.06. The number of carbonyl (C=O) groups excluding carboxylic acids is 1. The smallest absolute Gasteiger partial charge is 0.270 e. The molecule has 126 valence electrons. The van der Waals surface area contributed by atoms with E-state index >= 15 is 0 Å². The Labute approximate surface area is 141 Å². The number of rotatable bonds is 1. The van der Waals surface area contributed by atoms with Crippen LogP contribution in [-0.2, 0) is 13.0 Å². The predicted molar refractivity (Wildman–Crippen MR) is 89.4 cm³/mol. The van der Waals surface area contributed by atoms with Crippen LogP contribution in [0.2, 0.25) is 0 Å². The molecule has 0 atom stereocenters. The van der Waals surface area contributed by atoms with E-state index in [1.54, 1.807) is 30.3 Å². The van der Waals surface area contributed by atoms with E-state index in [-0.39, 0.29) is 36.3 Å². The van der Waals surface area contributed by atoms with Crippen LogP contribution in [0.4, 0.5) is 8.78 Å². The fraction of sp³-hybridized carbons (Fsp3) is 0.158. The van der Waals surface area contributed by atoms with Crippen LogP contribution in [0, 0.1) is 11.6 Å². The SMILES string of the molecule is O=C(c1cc2ccccc2c(=O)[nH]1)N1CCc2c(F)ccc(F)c2C1. The first kappa shape index (κ1) is 15.5. The molecule has 0 spiro atoms. The van der Waals surface area contributed by atoms with E-state index in [1.165, 1.54) is 4.90 Å². The van der Waals surface area contributed by atoms with Crippen molar-refractivity contribution in [2.75, 3.05) is 6.54 Å². The number of benzene rings is 2. The summed E-state index contributed by atoms with van der Waals surface area (Å²) < 4.78 is 27.8. The highest BCUT2D eigenvalue weighted by atomic mass is 19.1. The van der Waals surface area contributed by atoms with Gasteiger partial charge in [0.25, 0.3) is 11.5 Å². The maximum Gasteiger partial charge on any atom is 0.270 e. The summed E-state index contributed by atoms with van der Waals surface area (Å²) in [5, 5.41) is 1.15. The molecule has 1 aliphatic heterocycles. The van der Waals surface area contributed by atoms with Crippen LogP contribution in [0.3, 0.4) is 0 Å². The van der Waals surface area contributed by atoms with Crippen LogP contribution >= 0.6 is 0 Å². The van der Waals surface area contributed by atoms with Gasteiger partial charge in [0.05, 0.1) is 0 Å². The molecule has 0 radical (unpaired) electrons. The van der Waals surface area contributed by atoms with Gasteiger partial charge in [-0.25, -0.2) is 8.78 Å². The normalized spacial score (nSPS) is 13.8. The topological polar surface area (TPSA) is 53.2 Å². The predicted octanol–water partition coefficient (Wildman–Crippen LogP) is 3.00. The monoisotopic (exact) mass is 340 g/mol. The third-order valence-electron chi connectivity index (χ3n) is 4.57. The van der Waals surface area contributed by atoms with Crippen LogP contribution < -0.4 is 5.56 Å². The lowest BCUT2D eigenvalue weighted by atomic mass is 9.98. The molecule has 0 saturated heterocycles. The summed E-state index contributed by atoms with van der Waals surface area (Å²) in [4.78, 5) is 28.9. The molecule has 0 fully saturated rings. The lowest BCUT2D eigenvalue weighted by Crippen LogP contribution is -2.37. The van der Waals surface area contributed by atoms with Crippen molar-refractivity contribution < 1.29 is 13.6 Å². The van der Waals surface area contributed by atoms with E-state index in [2.05, 4.69) is 4.98 Å². The van der Waals surface area contributed by atoms with Gasteiger partial charge in [-0.15, -0.1) is 0 Å². The van der Waals surface area contributed by atoms with Gasteiger partial charge in [0.2, 0.25) is 0 Å². The van der Waals surface area contributed by atoms with Gasteiger partial charge in [0.1, 0.15) is 17.3 Å². The number of H-pyrrole nitrogens is 1. The van der Waals surface area contributed by atoms with E-state index in [9.17, 15) is 18.4 Å². The summed E-state index contributed by atoms with van der Waals surface area (Å²) in [5.74, 6) is -1.39. The first-order chi connectivity index (χ1) is 12.0. The Morgan fingerprint density at radius 3 is 2.56 bits per heavy atom. The van der Waals surface area contributed by atoms with Gasteiger partial charge in [0, 0.05) is 24.0 Å². The number of pyridine rings is 1. The maximum absolute atomic E-state index is 14.0. The van der Waals surface area contributed by atoms with Crippen molar-refractivity contribution >= 4 is 16.7 Å². The van der Waals surface area contributed by atoms with Crippen molar-refractivity contribution in [2.45, 2.75) is 13.0 Å². The van der Waals surface area contributed by atoms with Gasteiger partial charge in [-0.2, -0.15) is 0 Å². The highest BCUT2D eigenvalue weighted by molar-refractivity contribution is 5.96. The average Bonchev–Trinajstić information content (AvgIpc) is 2.64. The molecule has 0 unspecified atom stereocenters. The molecule has 0 bridgehead atoms. The number of hydrogen-bond acceptors (Lipinski definition) is 2. The Hall–Kier alpha value is -3.02. The van der Waals surface area contributed by atoms with Crippen molar-refractivity contribution in [3.8, 4) is 0 Å². The summed E-state index contributed by atoms with van der Waals surface area (Å²) in [5.41, 5.74) is 0.304. The zero-order valence-electron chi connectivity index (χ0n) is 13.2. The van der Waals surface area contributed by atoms with Crippen LogP contribution in [0.1, 0.15) is 21.6 Å². The number of hydrogen-bond donors (Lipinski definition) is 1. The van der Waals surface area contributed by atoms with Crippen LogP contribution in [-0.4, -0.2) is 22.3 Å². The van der Waals surface area contributed by atoms with E-state index in [0.29, 0.717) is 16.3 Å². The molecule has 2 heterocycles. The minimum Gasteiger partial charge on any atom is -0.333 e. The molecule has 6 heteroatoms. The number of aromatic amines is 1. The summed E-state index contributed by atoms with van der Waals surface area (Å²) in [7, 11) is 0. The average molecular weight is 340 g/mol. The third-order valence-corrected chi connectivity index (χ3v) is 4.57. The number of amides is 1. The fourth-order valence-corrected chi connectivity index (χ4v) is 3.26. The van der Waals surface area contributed by atoms with E-state index in [4.69, 9.17) is 0 Å². The number of nitrogens with one attached hydrogen (secondary N) is 1. The summed E-state index contributed by atoms with van der Waals surface area (Å²) in [6.07, 6.45) is 0.239. The van der Waals surface area contributed by atoms with E-state index < -0.39 is 17.5 Å². The summed E-state index contributed by atoms with van der Waals surface area (Å²) in [6, 6.07) is 10.7. The quantitative estimate of drug-likeness (QED) is 0.740. The second kappa shape index (κ2) is 5.81. The number of carbonyl (C=O) groups is 1. The number of aromatic nitrogens is 1. The Morgan fingerprint density at radius 1 is 1.04 bits per heavy atom. The molecular formula is C19H14F2N2O2. The molecule has 1 aromatic heterocycles. The largest absolute Gasteiger partial charge is 0.333 e. The molecule has 2 aromatic carbocycles. The second-order valence-electron chi connectivity index (χ2n) is 6.06. The number of nitrogens with zero attached hydrogens (tertiary/aromatic N) is 1. The number of halogens is 2. The van der Waals surface area contributed by atoms with Crippen molar-refractivity contribution in [3.63, 3.8) is 0 Å². The first-order valence-electron chi connectivity index (χ1n) is 7.91. The maximum atomic E-state index is 14.0. The van der Waals surface area contributed by atoms with Crippen molar-refractivity contribution in [3.05, 3.63) is 81.3 Å².